The van der Waals surface area contributed by atoms with Crippen LogP contribution in [0.3, 0.4) is 0 Å². The molecular weight excluding hydrogens is 1180 g/mol. The van der Waals surface area contributed by atoms with Gasteiger partial charge in [-0.2, -0.15) is 40.5 Å². The van der Waals surface area contributed by atoms with Crippen molar-refractivity contribution in [2.24, 2.45) is 0 Å². The minimum absolute atomic E-state index is 0.0420. The zero-order valence-electron chi connectivity index (χ0n) is 57.8. The average Bonchev–Trinajstić information content (AvgIpc) is 1.20. The molecule has 4 saturated heterocycles. The predicted molar refractivity (Wildman–Crippen MR) is 339 cm³/mol. The molecule has 0 atom stereocenters. The lowest BCUT2D eigenvalue weighted by Crippen LogP contribution is -2.52. The Hall–Kier alpha value is -4.72. The summed E-state index contributed by atoms with van der Waals surface area (Å²) in [6.07, 6.45) is -4.35. The highest BCUT2D eigenvalue weighted by atomic mass is 16.6. The van der Waals surface area contributed by atoms with Gasteiger partial charge < -0.3 is 79.6 Å². The molecule has 8 N–H and O–H groups in total. The maximum Gasteiger partial charge on any atom is 0.136 e. The van der Waals surface area contributed by atoms with E-state index in [2.05, 4.69) is 0 Å². The SMILES string of the molecule is COCCOc1c2cc(C3N(O)C(C)(C)C(C)(C)N3O)cc1Cc1cc(C3N(O)C(C)(C)C(C)(C)N3O)cc(c1OCCOC)Cc1cc(C3N(O)C(C)(C)C(C)(C)N3O)cc(c1OCCOC)Cc1cc(C3N(O)C(C)(C)C(C)(C)N3O)cc(c1OCCOC)C2. The standard InChI is InChI=1S/C68H104N8O16/c1-61(2)62(3,4)70(78)57(69(61)77)49-33-41-29-43-35-50(58-71(79)63(5,6)64(7,8)72(58)80)37-45(54(43)90-26-22-86-18)31-47-39-52(60-75(83)67(13,14)68(15,16)76(60)84)40-48(56(47)92-28-24-88-20)32-46-38-51(59-73(81)65(9,10)66(11,12)74(59)82)36-44(55(46)91-27-23-87-19)30-42(34-49)53(41)89-25-21-85-17/h33-40,57-60,77-84H,21-32H2,1-20H3. The van der Waals surface area contributed by atoms with Crippen LogP contribution in [0.2, 0.25) is 0 Å². The third-order valence-corrected chi connectivity index (χ3v) is 22.3. The predicted octanol–water partition coefficient (Wildman–Crippen LogP) is 10.3. The van der Waals surface area contributed by atoms with Crippen molar-refractivity contribution in [3.63, 3.8) is 0 Å². The molecule has 1 aliphatic carbocycles. The summed E-state index contributed by atoms with van der Waals surface area (Å²) >= 11 is 0. The molecule has 8 bridgehead atoms. The molecule has 4 aliphatic heterocycles. The molecule has 0 aromatic heterocycles. The monoisotopic (exact) mass is 1290 g/mol. The van der Waals surface area contributed by atoms with Crippen LogP contribution >= 0.6 is 0 Å². The minimum atomic E-state index is -1.13. The Morgan fingerprint density at radius 3 is 0.511 bits per heavy atom. The van der Waals surface area contributed by atoms with Crippen LogP contribution in [0, 0.1) is 0 Å². The van der Waals surface area contributed by atoms with Gasteiger partial charge in [-0.25, -0.2) is 0 Å². The molecule has 9 rings (SSSR count). The molecule has 4 heterocycles. The molecule has 0 spiro atoms. The van der Waals surface area contributed by atoms with Gasteiger partial charge in [0.25, 0.3) is 0 Å². The van der Waals surface area contributed by atoms with Gasteiger partial charge in [-0.05, 0) is 226 Å². The number of methoxy groups -OCH3 is 4. The third kappa shape index (κ3) is 11.7. The molecule has 4 aromatic rings. The number of nitrogens with zero attached hydrogens (tertiary/aromatic N) is 8. The van der Waals surface area contributed by atoms with Crippen molar-refractivity contribution in [2.45, 2.75) is 205 Å². The van der Waals surface area contributed by atoms with Gasteiger partial charge >= 0.3 is 0 Å². The number of hydrogen-bond acceptors (Lipinski definition) is 24. The van der Waals surface area contributed by atoms with E-state index in [1.807, 2.05) is 159 Å². The first-order valence-corrected chi connectivity index (χ1v) is 31.8. The number of hydroxylamine groups is 16. The van der Waals surface area contributed by atoms with Crippen LogP contribution in [-0.2, 0) is 44.6 Å². The molecule has 0 radical (unpaired) electrons. The molecule has 0 saturated carbocycles. The highest BCUT2D eigenvalue weighted by Crippen LogP contribution is 2.55. The van der Waals surface area contributed by atoms with Gasteiger partial charge in [-0.3, -0.25) is 0 Å². The van der Waals surface area contributed by atoms with Crippen LogP contribution in [0.5, 0.6) is 23.0 Å². The number of hydrogen-bond donors (Lipinski definition) is 8. The second kappa shape index (κ2) is 26.0. The number of rotatable bonds is 20. The van der Waals surface area contributed by atoms with Gasteiger partial charge in [0, 0.05) is 54.1 Å². The molecule has 0 amide bonds. The van der Waals surface area contributed by atoms with Gasteiger partial charge in [0.15, 0.2) is 0 Å². The van der Waals surface area contributed by atoms with Crippen molar-refractivity contribution in [1.29, 1.82) is 0 Å². The fraction of sp³-hybridized carbons (Fsp3) is 0.647. The van der Waals surface area contributed by atoms with E-state index in [4.69, 9.17) is 37.9 Å². The summed E-state index contributed by atoms with van der Waals surface area (Å²) in [6, 6.07) is 15.3. The number of benzene rings is 4. The van der Waals surface area contributed by atoms with Crippen LogP contribution in [0.15, 0.2) is 48.5 Å². The van der Waals surface area contributed by atoms with Crippen molar-refractivity contribution in [1.82, 2.24) is 40.5 Å². The highest BCUT2D eigenvalue weighted by Gasteiger charge is 2.62. The van der Waals surface area contributed by atoms with Gasteiger partial charge in [0.2, 0.25) is 0 Å². The van der Waals surface area contributed by atoms with Crippen LogP contribution in [0.1, 0.15) is 202 Å². The second-order valence-electron chi connectivity index (χ2n) is 29.5. The summed E-state index contributed by atoms with van der Waals surface area (Å²) in [5.74, 6) is 1.75. The quantitative estimate of drug-likeness (QED) is 0.0337. The molecule has 512 valence electrons. The Balaban J connectivity index is 1.47. The minimum Gasteiger partial charge on any atom is -0.491 e. The average molecular weight is 1290 g/mol. The Bertz CT molecular complexity index is 2720. The third-order valence-electron chi connectivity index (χ3n) is 22.3. The van der Waals surface area contributed by atoms with E-state index >= 15 is 0 Å². The highest BCUT2D eigenvalue weighted by molar-refractivity contribution is 5.60. The fourth-order valence-corrected chi connectivity index (χ4v) is 13.5. The Morgan fingerprint density at radius 1 is 0.261 bits per heavy atom. The molecule has 0 unspecified atom stereocenters. The van der Waals surface area contributed by atoms with E-state index in [1.165, 1.54) is 40.5 Å². The number of ether oxygens (including phenoxy) is 8. The van der Waals surface area contributed by atoms with Crippen LogP contribution < -0.4 is 18.9 Å². The van der Waals surface area contributed by atoms with E-state index in [0.29, 0.717) is 89.8 Å². The summed E-state index contributed by atoms with van der Waals surface area (Å²) in [6.45, 7) is 30.9. The van der Waals surface area contributed by atoms with Crippen molar-refractivity contribution >= 4 is 0 Å². The number of fused-ring (bicyclic) bond motifs is 8. The Labute approximate surface area is 543 Å². The van der Waals surface area contributed by atoms with Crippen LogP contribution in [-0.4, -0.2) is 208 Å². The van der Waals surface area contributed by atoms with Crippen LogP contribution in [0.4, 0.5) is 0 Å². The lowest BCUT2D eigenvalue weighted by Gasteiger charge is -2.37. The van der Waals surface area contributed by atoms with Crippen molar-refractivity contribution in [3.8, 4) is 23.0 Å². The van der Waals surface area contributed by atoms with Crippen molar-refractivity contribution in [2.75, 3.05) is 81.3 Å². The smallest absolute Gasteiger partial charge is 0.136 e. The van der Waals surface area contributed by atoms with E-state index in [-0.39, 0.29) is 78.5 Å². The first-order valence-electron chi connectivity index (χ1n) is 31.8. The zero-order valence-corrected chi connectivity index (χ0v) is 57.8. The zero-order chi connectivity index (χ0) is 68.0. The molecule has 4 fully saturated rings. The maximum absolute atomic E-state index is 12.4. The topological polar surface area (TPSA) is 262 Å². The summed E-state index contributed by atoms with van der Waals surface area (Å²) in [5.41, 5.74) is -1.38. The Kier molecular flexibility index (Phi) is 20.2. The molecule has 5 aliphatic rings. The van der Waals surface area contributed by atoms with E-state index in [9.17, 15) is 41.7 Å². The largest absolute Gasteiger partial charge is 0.491 e. The van der Waals surface area contributed by atoms with E-state index < -0.39 is 69.0 Å². The van der Waals surface area contributed by atoms with E-state index in [1.54, 1.807) is 28.4 Å². The first kappa shape index (κ1) is 71.6. The maximum atomic E-state index is 12.4. The lowest BCUT2D eigenvalue weighted by atomic mass is 9.84. The molecule has 4 aromatic carbocycles. The van der Waals surface area contributed by atoms with Gasteiger partial charge in [0.05, 0.1) is 70.7 Å². The molecule has 24 nitrogen and oxygen atoms in total. The van der Waals surface area contributed by atoms with Crippen molar-refractivity contribution in [3.05, 3.63) is 115 Å². The summed E-state index contributed by atoms with van der Waals surface area (Å²) < 4.78 is 50.6. The van der Waals surface area contributed by atoms with Crippen LogP contribution in [0.25, 0.3) is 0 Å². The summed E-state index contributed by atoms with van der Waals surface area (Å²) in [5, 5.41) is 109. The molecular formula is C68H104N8O16. The molecule has 24 heteroatoms. The van der Waals surface area contributed by atoms with Gasteiger partial charge in [0.1, 0.15) is 74.1 Å². The van der Waals surface area contributed by atoms with Crippen molar-refractivity contribution < 1.29 is 79.6 Å². The van der Waals surface area contributed by atoms with E-state index in [0.717, 1.165) is 0 Å². The lowest BCUT2D eigenvalue weighted by molar-refractivity contribution is -0.223. The van der Waals surface area contributed by atoms with Gasteiger partial charge in [-0.15, -0.1) is 0 Å². The Morgan fingerprint density at radius 2 is 0.391 bits per heavy atom. The normalized spacial score (nSPS) is 23.1. The summed E-state index contributed by atoms with van der Waals surface area (Å²) in [4.78, 5) is 0. The second-order valence-corrected chi connectivity index (χ2v) is 29.5. The first-order chi connectivity index (χ1) is 42.9. The molecule has 92 heavy (non-hydrogen) atoms. The van der Waals surface area contributed by atoms with Gasteiger partial charge in [-0.1, -0.05) is 0 Å². The summed E-state index contributed by atoms with van der Waals surface area (Å²) in [7, 11) is 6.35. The fourth-order valence-electron chi connectivity index (χ4n) is 13.5.